The topological polar surface area (TPSA) is 110 Å². The van der Waals surface area contributed by atoms with Crippen molar-refractivity contribution in [3.05, 3.63) is 64.2 Å². The van der Waals surface area contributed by atoms with Gasteiger partial charge in [-0.25, -0.2) is 19.7 Å². The number of fused-ring (bicyclic) bond motifs is 2. The molecule has 0 saturated heterocycles. The number of benzene rings is 1. The Kier molecular flexibility index (Phi) is 5.99. The molecule has 0 spiro atoms. The maximum absolute atomic E-state index is 13.4. The minimum absolute atomic E-state index is 0.00326. The number of hydrogen-bond donors (Lipinski definition) is 2. The third kappa shape index (κ3) is 4.55. The summed E-state index contributed by atoms with van der Waals surface area (Å²) in [6, 6.07) is 6.03. The number of carbonyl (C=O) groups excluding carboxylic acids is 1. The second kappa shape index (κ2) is 9.01. The molecular formula is C23H21ClF3N7O2. The Labute approximate surface area is 209 Å². The summed E-state index contributed by atoms with van der Waals surface area (Å²) in [5.74, 6) is 0.723. The number of nitrogen functional groups attached to an aromatic ring is 1. The summed E-state index contributed by atoms with van der Waals surface area (Å²) >= 11 is 6.14. The monoisotopic (exact) mass is 519 g/mol. The van der Waals surface area contributed by atoms with Crippen LogP contribution >= 0.6 is 11.6 Å². The molecule has 9 nitrogen and oxygen atoms in total. The van der Waals surface area contributed by atoms with Crippen LogP contribution in [0.5, 0.6) is 5.88 Å². The van der Waals surface area contributed by atoms with E-state index < -0.39 is 17.8 Å². The first-order valence-electron chi connectivity index (χ1n) is 11.0. The van der Waals surface area contributed by atoms with Crippen molar-refractivity contribution in [3.8, 4) is 5.88 Å². The molecule has 2 aromatic heterocycles. The van der Waals surface area contributed by atoms with Crippen LogP contribution in [-0.4, -0.2) is 39.0 Å². The molecule has 36 heavy (non-hydrogen) atoms. The molecule has 1 atom stereocenters. The molecule has 3 aromatic rings. The van der Waals surface area contributed by atoms with Gasteiger partial charge >= 0.3 is 12.2 Å². The van der Waals surface area contributed by atoms with Gasteiger partial charge in [0.1, 0.15) is 18.1 Å². The zero-order chi connectivity index (χ0) is 25.6. The number of aromatic nitrogens is 3. The summed E-state index contributed by atoms with van der Waals surface area (Å²) in [7, 11) is 0. The van der Waals surface area contributed by atoms with Gasteiger partial charge in [0.25, 0.3) is 0 Å². The minimum atomic E-state index is -4.53. The molecular weight excluding hydrogens is 499 g/mol. The van der Waals surface area contributed by atoms with Crippen molar-refractivity contribution in [2.45, 2.75) is 32.2 Å². The summed E-state index contributed by atoms with van der Waals surface area (Å²) in [6.07, 6.45) is -2.94. The van der Waals surface area contributed by atoms with Crippen LogP contribution < -0.4 is 20.7 Å². The van der Waals surface area contributed by atoms with Gasteiger partial charge in [0, 0.05) is 17.4 Å². The highest BCUT2D eigenvalue weighted by Gasteiger charge is 2.35. The van der Waals surface area contributed by atoms with Gasteiger partial charge in [0.15, 0.2) is 0 Å². The fourth-order valence-corrected chi connectivity index (χ4v) is 4.47. The van der Waals surface area contributed by atoms with Crippen molar-refractivity contribution < 1.29 is 22.7 Å². The number of anilines is 3. The van der Waals surface area contributed by atoms with Gasteiger partial charge < -0.3 is 20.7 Å². The highest BCUT2D eigenvalue weighted by molar-refractivity contribution is 6.28. The van der Waals surface area contributed by atoms with Gasteiger partial charge in [0.05, 0.1) is 36.9 Å². The number of nitrogens with two attached hydrogens (primary N) is 1. The second-order valence-electron chi connectivity index (χ2n) is 8.49. The maximum atomic E-state index is 13.4. The molecule has 0 saturated carbocycles. The normalized spacial score (nSPS) is 15.7. The molecule has 4 heterocycles. The number of carbonyl (C=O) groups is 1. The molecule has 2 aliphatic heterocycles. The van der Waals surface area contributed by atoms with Gasteiger partial charge in [0.2, 0.25) is 11.2 Å². The predicted molar refractivity (Wildman–Crippen MR) is 127 cm³/mol. The van der Waals surface area contributed by atoms with E-state index in [1.54, 1.807) is 35.1 Å². The van der Waals surface area contributed by atoms with Gasteiger partial charge in [-0.05, 0) is 54.4 Å². The maximum Gasteiger partial charge on any atom is 0.416 e. The molecule has 188 valence electrons. The first-order valence-corrected chi connectivity index (χ1v) is 11.4. The number of halogens is 4. The summed E-state index contributed by atoms with van der Waals surface area (Å²) in [5, 5.41) is 3.08. The van der Waals surface area contributed by atoms with Gasteiger partial charge in [-0.1, -0.05) is 0 Å². The number of pyridine rings is 1. The molecule has 5 rings (SSSR count). The van der Waals surface area contributed by atoms with Crippen LogP contribution in [0.2, 0.25) is 5.28 Å². The molecule has 2 amide bonds. The third-order valence-electron chi connectivity index (χ3n) is 6.01. The average Bonchev–Trinajstić information content (AvgIpc) is 3.26. The molecule has 0 radical (unpaired) electrons. The number of urea groups is 1. The smallest absolute Gasteiger partial charge is 0.416 e. The van der Waals surface area contributed by atoms with Crippen molar-refractivity contribution in [2.75, 3.05) is 29.1 Å². The first-order chi connectivity index (χ1) is 17.1. The highest BCUT2D eigenvalue weighted by atomic mass is 35.5. The number of ether oxygens (including phenoxy) is 1. The van der Waals surface area contributed by atoms with Crippen molar-refractivity contribution in [1.29, 1.82) is 0 Å². The summed E-state index contributed by atoms with van der Waals surface area (Å²) in [5.41, 5.74) is 6.97. The van der Waals surface area contributed by atoms with Crippen LogP contribution in [0.25, 0.3) is 0 Å². The molecule has 0 aliphatic carbocycles. The predicted octanol–water partition coefficient (Wildman–Crippen LogP) is 4.63. The molecule has 0 unspecified atom stereocenters. The Balaban J connectivity index is 1.39. The van der Waals surface area contributed by atoms with E-state index in [9.17, 15) is 18.0 Å². The lowest BCUT2D eigenvalue weighted by atomic mass is 10.0. The Bertz CT molecular complexity index is 1340. The van der Waals surface area contributed by atoms with E-state index in [1.807, 2.05) is 0 Å². The van der Waals surface area contributed by atoms with E-state index in [0.717, 1.165) is 12.1 Å². The van der Waals surface area contributed by atoms with E-state index >= 15 is 0 Å². The highest BCUT2D eigenvalue weighted by Crippen LogP contribution is 2.36. The Morgan fingerprint density at radius 1 is 1.25 bits per heavy atom. The van der Waals surface area contributed by atoms with E-state index in [4.69, 9.17) is 22.1 Å². The van der Waals surface area contributed by atoms with E-state index in [2.05, 4.69) is 20.3 Å². The van der Waals surface area contributed by atoms with Crippen LogP contribution in [-0.2, 0) is 19.3 Å². The fraction of sp³-hybridized carbons (Fsp3) is 0.304. The second-order valence-corrected chi connectivity index (χ2v) is 8.82. The van der Waals surface area contributed by atoms with Gasteiger partial charge in [-0.3, -0.25) is 4.90 Å². The van der Waals surface area contributed by atoms with E-state index in [1.165, 1.54) is 6.07 Å². The molecule has 2 aliphatic rings. The lowest BCUT2D eigenvalue weighted by Crippen LogP contribution is -2.45. The third-order valence-corrected chi connectivity index (χ3v) is 6.18. The lowest BCUT2D eigenvalue weighted by molar-refractivity contribution is -0.137. The fourth-order valence-electron chi connectivity index (χ4n) is 4.28. The largest absolute Gasteiger partial charge is 0.474 e. The zero-order valence-corrected chi connectivity index (χ0v) is 19.8. The standard InChI is InChI=1S/C23H21ClF3N7O2/c1-12(13-7-14(23(25,26)27)9-15(28)8-13)30-19-16-10-33(11-17(16)31-21(24)32-19)22(35)34-5-6-36-20-18(34)3-2-4-29-20/h2-4,7-9,12H,5-6,10-11,28H2,1H3,(H,30,31,32)/t12-/m1/s1. The number of nitrogens with zero attached hydrogens (tertiary/aromatic N) is 5. The summed E-state index contributed by atoms with van der Waals surface area (Å²) < 4.78 is 45.3. The summed E-state index contributed by atoms with van der Waals surface area (Å²) in [6.45, 7) is 2.75. The van der Waals surface area contributed by atoms with Crippen molar-refractivity contribution in [2.24, 2.45) is 0 Å². The van der Waals surface area contributed by atoms with Gasteiger partial charge in [-0.2, -0.15) is 13.2 Å². The quantitative estimate of drug-likeness (QED) is 0.383. The minimum Gasteiger partial charge on any atom is -0.474 e. The van der Waals surface area contributed by atoms with Crippen molar-refractivity contribution >= 4 is 34.8 Å². The van der Waals surface area contributed by atoms with Crippen LogP contribution in [0.15, 0.2) is 36.5 Å². The van der Waals surface area contributed by atoms with Crippen LogP contribution in [0, 0.1) is 0 Å². The molecule has 3 N–H and O–H groups in total. The SMILES string of the molecule is C[C@@H](Nc1nc(Cl)nc2c1CN(C(=O)N1CCOc3ncccc31)C2)c1cc(N)cc(C(F)(F)F)c1. The average molecular weight is 520 g/mol. The summed E-state index contributed by atoms with van der Waals surface area (Å²) in [4.78, 5) is 29.3. The van der Waals surface area contributed by atoms with E-state index in [0.29, 0.717) is 47.4 Å². The Hall–Kier alpha value is -3.80. The Morgan fingerprint density at radius 2 is 2.06 bits per heavy atom. The Morgan fingerprint density at radius 3 is 2.83 bits per heavy atom. The number of nitrogens with one attached hydrogen (secondary N) is 1. The lowest BCUT2D eigenvalue weighted by Gasteiger charge is -2.31. The molecule has 0 bridgehead atoms. The van der Waals surface area contributed by atoms with E-state index in [-0.39, 0.29) is 30.1 Å². The van der Waals surface area contributed by atoms with Crippen molar-refractivity contribution in [1.82, 2.24) is 19.9 Å². The van der Waals surface area contributed by atoms with Crippen molar-refractivity contribution in [3.63, 3.8) is 0 Å². The number of amides is 2. The molecule has 0 fully saturated rings. The van der Waals surface area contributed by atoms with Crippen LogP contribution in [0.1, 0.15) is 35.3 Å². The van der Waals surface area contributed by atoms with Crippen LogP contribution in [0.4, 0.5) is 35.2 Å². The number of hydrogen-bond acceptors (Lipinski definition) is 7. The molecule has 13 heteroatoms. The van der Waals surface area contributed by atoms with Crippen LogP contribution in [0.3, 0.4) is 0 Å². The first kappa shape index (κ1) is 23.9. The van der Waals surface area contributed by atoms with Gasteiger partial charge in [-0.15, -0.1) is 0 Å². The number of alkyl halides is 3. The number of rotatable bonds is 3. The zero-order valence-electron chi connectivity index (χ0n) is 19.0. The molecule has 1 aromatic carbocycles.